The topological polar surface area (TPSA) is 65.6 Å². The molecule has 5 heteroatoms. The molecule has 3 aromatic carbocycles. The minimum Gasteiger partial charge on any atom is -0.507 e. The van der Waals surface area contributed by atoms with E-state index in [9.17, 15) is 9.90 Å². The fourth-order valence-electron chi connectivity index (χ4n) is 5.87. The molecule has 2 N–H and O–H groups in total. The van der Waals surface area contributed by atoms with Crippen LogP contribution in [0.1, 0.15) is 52.2 Å². The lowest BCUT2D eigenvalue weighted by Gasteiger charge is -2.47. The number of carbonyl (C=O) groups excluding carboxylic acids is 1. The summed E-state index contributed by atoms with van der Waals surface area (Å²) in [5.41, 5.74) is 8.14. The fourth-order valence-corrected chi connectivity index (χ4v) is 5.87. The van der Waals surface area contributed by atoms with Crippen molar-refractivity contribution in [2.24, 2.45) is 0 Å². The van der Waals surface area contributed by atoms with Crippen LogP contribution in [0, 0.1) is 13.8 Å². The maximum Gasteiger partial charge on any atom is 0.198 e. The number of aromatic hydroxyl groups is 1. The van der Waals surface area contributed by atoms with E-state index in [0.717, 1.165) is 29.6 Å². The first-order valence-corrected chi connectivity index (χ1v) is 13.1. The minimum atomic E-state index is -0.364. The number of Topliss-reactive ketones (excluding diaryl/α,β-unsaturated/α-hetero) is 1. The van der Waals surface area contributed by atoms with Gasteiger partial charge in [0.05, 0.1) is 11.1 Å². The third-order valence-electron chi connectivity index (χ3n) is 8.29. The highest BCUT2D eigenvalue weighted by Crippen LogP contribution is 2.46. The number of allylic oxidation sites excluding steroid dienone is 2. The highest BCUT2D eigenvalue weighted by molar-refractivity contribution is 6.12. The maximum atomic E-state index is 13.7. The molecule has 1 aromatic heterocycles. The zero-order valence-corrected chi connectivity index (χ0v) is 22.3. The van der Waals surface area contributed by atoms with E-state index >= 15 is 0 Å². The van der Waals surface area contributed by atoms with Gasteiger partial charge >= 0.3 is 0 Å². The molecular weight excluding hydrogens is 472 g/mol. The maximum absolute atomic E-state index is 13.7. The zero-order chi connectivity index (χ0) is 26.6. The molecule has 0 radical (unpaired) electrons. The van der Waals surface area contributed by atoms with Crippen molar-refractivity contribution in [3.8, 4) is 11.5 Å². The van der Waals surface area contributed by atoms with Crippen LogP contribution in [0.4, 0.5) is 0 Å². The lowest BCUT2D eigenvalue weighted by Crippen LogP contribution is -2.48. The van der Waals surface area contributed by atoms with Crippen molar-refractivity contribution in [2.45, 2.75) is 46.3 Å². The predicted octanol–water partition coefficient (Wildman–Crippen LogP) is 6.87. The molecule has 0 bridgehead atoms. The Balaban J connectivity index is 1.30. The Morgan fingerprint density at radius 1 is 1.08 bits per heavy atom. The summed E-state index contributed by atoms with van der Waals surface area (Å²) in [5.74, 6) is 0.338. The number of hydrogen-bond acceptors (Lipinski definition) is 4. The molecule has 0 spiro atoms. The Morgan fingerprint density at radius 2 is 1.87 bits per heavy atom. The average Bonchev–Trinajstić information content (AvgIpc) is 3.29. The van der Waals surface area contributed by atoms with Gasteiger partial charge in [-0.3, -0.25) is 4.79 Å². The molecule has 2 aliphatic heterocycles. The highest BCUT2D eigenvalue weighted by Gasteiger charge is 2.43. The number of carbonyl (C=O) groups is 1. The molecule has 0 amide bonds. The van der Waals surface area contributed by atoms with Gasteiger partial charge in [0.25, 0.3) is 0 Å². The molecule has 6 rings (SSSR count). The molecule has 5 nitrogen and oxygen atoms in total. The number of nitrogens with one attached hydrogen (secondary N) is 1. The van der Waals surface area contributed by atoms with Gasteiger partial charge in [0.2, 0.25) is 0 Å². The first kappa shape index (κ1) is 24.1. The number of H-pyrrole nitrogens is 1. The first-order valence-electron chi connectivity index (χ1n) is 13.1. The number of aromatic nitrogens is 1. The number of benzene rings is 3. The van der Waals surface area contributed by atoms with Gasteiger partial charge in [-0.2, -0.15) is 0 Å². The summed E-state index contributed by atoms with van der Waals surface area (Å²) in [6.07, 6.45) is 4.83. The summed E-state index contributed by atoms with van der Waals surface area (Å²) >= 11 is 0. The number of hydrogen-bond donors (Lipinski definition) is 2. The molecule has 0 saturated heterocycles. The Labute approximate surface area is 223 Å². The van der Waals surface area contributed by atoms with Crippen molar-refractivity contribution >= 4 is 16.7 Å². The van der Waals surface area contributed by atoms with Gasteiger partial charge in [0.15, 0.2) is 5.78 Å². The van der Waals surface area contributed by atoms with Gasteiger partial charge in [-0.05, 0) is 81.2 Å². The predicted molar refractivity (Wildman–Crippen MR) is 151 cm³/mol. The van der Waals surface area contributed by atoms with E-state index in [4.69, 9.17) is 4.74 Å². The summed E-state index contributed by atoms with van der Waals surface area (Å²) < 4.78 is 5.94. The van der Waals surface area contributed by atoms with Gasteiger partial charge in [0.1, 0.15) is 18.1 Å². The summed E-state index contributed by atoms with van der Waals surface area (Å²) in [5, 5.41) is 12.3. The number of rotatable bonds is 5. The van der Waals surface area contributed by atoms with Crippen molar-refractivity contribution in [2.75, 3.05) is 6.54 Å². The molecule has 38 heavy (non-hydrogen) atoms. The van der Waals surface area contributed by atoms with Crippen molar-refractivity contribution in [3.63, 3.8) is 0 Å². The third kappa shape index (κ3) is 3.73. The normalized spacial score (nSPS) is 18.5. The number of fused-ring (bicyclic) bond motifs is 5. The van der Waals surface area contributed by atoms with Crippen molar-refractivity contribution in [3.05, 3.63) is 118 Å². The number of phenols is 1. The van der Waals surface area contributed by atoms with Crippen molar-refractivity contribution in [1.82, 2.24) is 9.88 Å². The third-order valence-corrected chi connectivity index (χ3v) is 8.29. The summed E-state index contributed by atoms with van der Waals surface area (Å²) in [6.45, 7) is 9.42. The van der Waals surface area contributed by atoms with E-state index < -0.39 is 0 Å². The number of aryl methyl sites for hydroxylation is 1. The Morgan fingerprint density at radius 3 is 2.66 bits per heavy atom. The van der Waals surface area contributed by atoms with Crippen LogP contribution in [-0.2, 0) is 18.6 Å². The Bertz CT molecular complexity index is 1640. The molecule has 192 valence electrons. The van der Waals surface area contributed by atoms with Crippen LogP contribution < -0.4 is 4.74 Å². The lowest BCUT2D eigenvalue weighted by molar-refractivity contribution is 0.102. The van der Waals surface area contributed by atoms with Crippen molar-refractivity contribution in [1.29, 1.82) is 0 Å². The molecule has 1 unspecified atom stereocenters. The Kier molecular flexibility index (Phi) is 5.68. The van der Waals surface area contributed by atoms with Crippen LogP contribution in [0.5, 0.6) is 11.5 Å². The zero-order valence-electron chi connectivity index (χ0n) is 22.3. The van der Waals surface area contributed by atoms with Crippen LogP contribution in [0.3, 0.4) is 0 Å². The summed E-state index contributed by atoms with van der Waals surface area (Å²) in [7, 11) is 0. The second-order valence-corrected chi connectivity index (χ2v) is 10.6. The molecular formula is C33H32N2O3. The number of ketones is 1. The quantitative estimate of drug-likeness (QED) is 0.291. The molecule has 0 aliphatic carbocycles. The summed E-state index contributed by atoms with van der Waals surface area (Å²) in [6, 6.07) is 19.9. The van der Waals surface area contributed by atoms with Crippen molar-refractivity contribution < 1.29 is 14.6 Å². The number of aromatic amines is 1. The van der Waals surface area contributed by atoms with Crippen LogP contribution in [0.25, 0.3) is 10.9 Å². The second kappa shape index (κ2) is 8.95. The van der Waals surface area contributed by atoms with Gasteiger partial charge in [0, 0.05) is 40.5 Å². The fraction of sp³-hybridized carbons (Fsp3) is 0.242. The van der Waals surface area contributed by atoms with E-state index in [2.05, 4.69) is 48.9 Å². The van der Waals surface area contributed by atoms with Gasteiger partial charge in [-0.25, -0.2) is 0 Å². The van der Waals surface area contributed by atoms with E-state index in [0.29, 0.717) is 23.5 Å². The standard InChI is InChI=1S/C33H32N2O3/c1-20-10-12-28-27(16-20)25-14-15-35-18-24(17-21(2)33(35,4)32(25)34-28)31(37)26-11-13-29(22(3)30(26)36)38-19-23-8-6-5-7-9-23/h5-13,16-18,34,36H,14-15,19H2,1-4H3. The monoisotopic (exact) mass is 504 g/mol. The van der Waals surface area contributed by atoms with E-state index in [1.54, 1.807) is 19.1 Å². The number of phenolic OH excluding ortho intramolecular Hbond substituents is 1. The highest BCUT2D eigenvalue weighted by atomic mass is 16.5. The first-order chi connectivity index (χ1) is 18.3. The number of ether oxygens (including phenoxy) is 1. The SMILES string of the molecule is CC1=CC(C(=O)c2ccc(OCc3ccccc3)c(C)c2O)=CN2CCc3c([nH]c4ccc(C)cc34)C12C. The van der Waals surface area contributed by atoms with E-state index in [-0.39, 0.29) is 22.6 Å². The molecule has 0 fully saturated rings. The van der Waals surface area contributed by atoms with Gasteiger partial charge in [-0.15, -0.1) is 0 Å². The molecule has 1 atom stereocenters. The Hall–Kier alpha value is -4.25. The summed E-state index contributed by atoms with van der Waals surface area (Å²) in [4.78, 5) is 19.6. The van der Waals surface area contributed by atoms with Crippen LogP contribution in [0.15, 0.2) is 84.1 Å². The van der Waals surface area contributed by atoms with E-state index in [1.807, 2.05) is 42.6 Å². The van der Waals surface area contributed by atoms with E-state index in [1.165, 1.54) is 22.2 Å². The van der Waals surface area contributed by atoms with Crippen LogP contribution in [-0.4, -0.2) is 27.3 Å². The molecule has 0 saturated carbocycles. The van der Waals surface area contributed by atoms with Crippen LogP contribution in [0.2, 0.25) is 0 Å². The lowest BCUT2D eigenvalue weighted by atomic mass is 9.78. The average molecular weight is 505 g/mol. The molecule has 4 aromatic rings. The smallest absolute Gasteiger partial charge is 0.198 e. The van der Waals surface area contributed by atoms with Crippen LogP contribution >= 0.6 is 0 Å². The second-order valence-electron chi connectivity index (χ2n) is 10.6. The number of nitrogens with zero attached hydrogens (tertiary/aromatic N) is 1. The largest absolute Gasteiger partial charge is 0.507 e. The molecule has 3 heterocycles. The van der Waals surface area contributed by atoms with Gasteiger partial charge in [-0.1, -0.05) is 42.0 Å². The van der Waals surface area contributed by atoms with Gasteiger partial charge < -0.3 is 19.7 Å². The minimum absolute atomic E-state index is 0.0345. The molecule has 2 aliphatic rings.